The van der Waals surface area contributed by atoms with Crippen LogP contribution in [0, 0.1) is 20.2 Å². The number of nitro groups is 2. The van der Waals surface area contributed by atoms with Crippen LogP contribution in [0.1, 0.15) is 15.9 Å². The lowest BCUT2D eigenvalue weighted by molar-refractivity contribution is -0.394. The van der Waals surface area contributed by atoms with E-state index in [0.29, 0.717) is 30.3 Å². The molecule has 0 atom stereocenters. The molecule has 2 aromatic carbocycles. The van der Waals surface area contributed by atoms with Crippen LogP contribution < -0.4 is 10.1 Å². The molecule has 166 valence electrons. The van der Waals surface area contributed by atoms with Crippen LogP contribution in [-0.2, 0) is 6.18 Å². The molecule has 9 nitrogen and oxygen atoms in total. The lowest BCUT2D eigenvalue weighted by atomic mass is 10.1. The number of hydrogen-bond donors (Lipinski definition) is 1. The van der Waals surface area contributed by atoms with Gasteiger partial charge in [-0.15, -0.1) is 0 Å². The highest BCUT2D eigenvalue weighted by molar-refractivity contribution is 6.05. The van der Waals surface area contributed by atoms with Crippen LogP contribution in [0.15, 0.2) is 36.4 Å². The average molecular weight is 453 g/mol. The second-order valence-corrected chi connectivity index (χ2v) is 5.82. The van der Waals surface area contributed by atoms with E-state index in [2.05, 4.69) is 4.74 Å². The number of non-ortho nitro benzene ring substituents is 2. The van der Waals surface area contributed by atoms with Gasteiger partial charge in [-0.3, -0.25) is 25.0 Å². The minimum Gasteiger partial charge on any atom is -0.482 e. The van der Waals surface area contributed by atoms with Crippen molar-refractivity contribution in [2.75, 3.05) is 11.9 Å². The van der Waals surface area contributed by atoms with Gasteiger partial charge in [-0.2, -0.15) is 26.3 Å². The quantitative estimate of drug-likeness (QED) is 0.384. The van der Waals surface area contributed by atoms with Crippen LogP contribution in [0.5, 0.6) is 5.75 Å². The Morgan fingerprint density at radius 1 is 0.935 bits per heavy atom. The van der Waals surface area contributed by atoms with Crippen molar-refractivity contribution >= 4 is 23.0 Å². The van der Waals surface area contributed by atoms with E-state index in [4.69, 9.17) is 0 Å². The number of carbonyl (C=O) groups is 1. The molecule has 0 saturated heterocycles. The second kappa shape index (κ2) is 8.45. The predicted octanol–water partition coefficient (Wildman–Crippen LogP) is 4.72. The SMILES string of the molecule is O=C(Nc1cc(C(F)(F)F)ccc1OCC(F)(F)F)c1cc([N+](=O)[O-])cc([N+](=O)[O-])c1. The highest BCUT2D eigenvalue weighted by Gasteiger charge is 2.33. The number of benzene rings is 2. The van der Waals surface area contributed by atoms with E-state index in [-0.39, 0.29) is 6.07 Å². The Labute approximate surface area is 167 Å². The van der Waals surface area contributed by atoms with E-state index in [0.717, 1.165) is 0 Å². The summed E-state index contributed by atoms with van der Waals surface area (Å²) in [6.07, 6.45) is -9.77. The summed E-state index contributed by atoms with van der Waals surface area (Å²) < 4.78 is 80.4. The fourth-order valence-corrected chi connectivity index (χ4v) is 2.22. The maximum Gasteiger partial charge on any atom is 0.422 e. The third kappa shape index (κ3) is 6.28. The number of amides is 1. The molecule has 2 rings (SSSR count). The number of nitrogens with one attached hydrogen (secondary N) is 1. The highest BCUT2D eigenvalue weighted by atomic mass is 19.4. The molecule has 0 saturated carbocycles. The first kappa shape index (κ1) is 23.4. The third-order valence-corrected chi connectivity index (χ3v) is 3.53. The molecule has 31 heavy (non-hydrogen) atoms. The monoisotopic (exact) mass is 453 g/mol. The van der Waals surface area contributed by atoms with E-state index >= 15 is 0 Å². The molecular formula is C16H9F6N3O6. The van der Waals surface area contributed by atoms with Crippen molar-refractivity contribution in [3.63, 3.8) is 0 Å². The molecule has 2 aromatic rings. The van der Waals surface area contributed by atoms with Crippen LogP contribution in [0.2, 0.25) is 0 Å². The average Bonchev–Trinajstić information content (AvgIpc) is 2.64. The van der Waals surface area contributed by atoms with Crippen molar-refractivity contribution in [2.45, 2.75) is 12.4 Å². The summed E-state index contributed by atoms with van der Waals surface area (Å²) >= 11 is 0. The van der Waals surface area contributed by atoms with Gasteiger partial charge in [0, 0.05) is 12.1 Å². The van der Waals surface area contributed by atoms with Crippen LogP contribution >= 0.6 is 0 Å². The maximum absolute atomic E-state index is 12.9. The molecule has 1 N–H and O–H groups in total. The van der Waals surface area contributed by atoms with Crippen molar-refractivity contribution in [3.8, 4) is 5.75 Å². The van der Waals surface area contributed by atoms with Gasteiger partial charge in [0.1, 0.15) is 5.75 Å². The third-order valence-electron chi connectivity index (χ3n) is 3.53. The molecule has 0 aromatic heterocycles. The number of alkyl halides is 6. The highest BCUT2D eigenvalue weighted by Crippen LogP contribution is 2.36. The Hall–Kier alpha value is -3.91. The van der Waals surface area contributed by atoms with Gasteiger partial charge >= 0.3 is 12.4 Å². The topological polar surface area (TPSA) is 125 Å². The van der Waals surface area contributed by atoms with E-state index in [9.17, 15) is 51.4 Å². The van der Waals surface area contributed by atoms with Crippen molar-refractivity contribution in [3.05, 3.63) is 67.8 Å². The lowest BCUT2D eigenvalue weighted by Crippen LogP contribution is -2.21. The molecule has 15 heteroatoms. The first-order chi connectivity index (χ1) is 14.2. The Balaban J connectivity index is 2.46. The van der Waals surface area contributed by atoms with E-state index in [1.165, 1.54) is 0 Å². The summed E-state index contributed by atoms with van der Waals surface area (Å²) in [6.45, 7) is -1.89. The zero-order chi connectivity index (χ0) is 23.6. The molecule has 0 bridgehead atoms. The number of rotatable bonds is 6. The number of anilines is 1. The fraction of sp³-hybridized carbons (Fsp3) is 0.188. The maximum atomic E-state index is 12.9. The minimum atomic E-state index is -4.92. The first-order valence-electron chi connectivity index (χ1n) is 7.83. The van der Waals surface area contributed by atoms with Crippen LogP contribution in [-0.4, -0.2) is 28.5 Å². The smallest absolute Gasteiger partial charge is 0.422 e. The normalized spacial score (nSPS) is 11.7. The minimum absolute atomic E-state index is 0.287. The van der Waals surface area contributed by atoms with Gasteiger partial charge in [0.15, 0.2) is 6.61 Å². The first-order valence-corrected chi connectivity index (χ1v) is 7.83. The molecular weight excluding hydrogens is 444 g/mol. The van der Waals surface area contributed by atoms with Crippen LogP contribution in [0.25, 0.3) is 0 Å². The molecule has 1 amide bonds. The predicted molar refractivity (Wildman–Crippen MR) is 90.7 cm³/mol. The van der Waals surface area contributed by atoms with Gasteiger partial charge in [0.05, 0.1) is 32.7 Å². The van der Waals surface area contributed by atoms with Crippen molar-refractivity contribution in [1.82, 2.24) is 0 Å². The molecule has 0 radical (unpaired) electrons. The van der Waals surface area contributed by atoms with E-state index < -0.39 is 68.7 Å². The zero-order valence-electron chi connectivity index (χ0n) is 14.8. The van der Waals surface area contributed by atoms with Gasteiger partial charge < -0.3 is 10.1 Å². The summed E-state index contributed by atoms with van der Waals surface area (Å²) in [7, 11) is 0. The Bertz CT molecular complexity index is 1010. The summed E-state index contributed by atoms with van der Waals surface area (Å²) in [6, 6.07) is 2.99. The Kier molecular flexibility index (Phi) is 6.37. The van der Waals surface area contributed by atoms with Crippen LogP contribution in [0.4, 0.5) is 43.4 Å². The Morgan fingerprint density at radius 3 is 1.94 bits per heavy atom. The number of hydrogen-bond acceptors (Lipinski definition) is 6. The van der Waals surface area contributed by atoms with E-state index in [1.54, 1.807) is 0 Å². The van der Waals surface area contributed by atoms with Crippen molar-refractivity contribution in [1.29, 1.82) is 0 Å². The van der Waals surface area contributed by atoms with Gasteiger partial charge in [-0.05, 0) is 18.2 Å². The van der Waals surface area contributed by atoms with Gasteiger partial charge in [-0.25, -0.2) is 0 Å². The number of ether oxygens (including phenoxy) is 1. The largest absolute Gasteiger partial charge is 0.482 e. The van der Waals surface area contributed by atoms with Crippen molar-refractivity contribution < 1.29 is 45.7 Å². The molecule has 0 aliphatic heterocycles. The lowest BCUT2D eigenvalue weighted by Gasteiger charge is -2.16. The number of nitro benzene ring substituents is 2. The molecule has 0 heterocycles. The fourth-order valence-electron chi connectivity index (χ4n) is 2.22. The number of halogens is 6. The summed E-state index contributed by atoms with van der Waals surface area (Å²) in [5.41, 5.74) is -4.60. The standard InChI is InChI=1S/C16H9F6N3O6/c17-15(18,19)7-31-13-2-1-9(16(20,21)22)5-12(13)23-14(26)8-3-10(24(27)28)6-11(4-8)25(29)30/h1-6H,7H2,(H,23,26). The van der Waals surface area contributed by atoms with Crippen molar-refractivity contribution in [2.24, 2.45) is 0 Å². The number of carbonyl (C=O) groups excluding carboxylic acids is 1. The Morgan fingerprint density at radius 2 is 1.48 bits per heavy atom. The summed E-state index contributed by atoms with van der Waals surface area (Å²) in [5.74, 6) is -2.14. The van der Waals surface area contributed by atoms with Gasteiger partial charge in [0.2, 0.25) is 0 Å². The van der Waals surface area contributed by atoms with Crippen LogP contribution in [0.3, 0.4) is 0 Å². The number of nitrogens with zero attached hydrogens (tertiary/aromatic N) is 2. The van der Waals surface area contributed by atoms with Gasteiger partial charge in [0.25, 0.3) is 17.3 Å². The molecule has 0 unspecified atom stereocenters. The van der Waals surface area contributed by atoms with Gasteiger partial charge in [-0.1, -0.05) is 0 Å². The summed E-state index contributed by atoms with van der Waals surface area (Å²) in [5, 5.41) is 23.6. The molecule has 0 fully saturated rings. The molecule has 0 spiro atoms. The molecule has 0 aliphatic carbocycles. The molecule has 0 aliphatic rings. The van der Waals surface area contributed by atoms with E-state index in [1.807, 2.05) is 5.32 Å². The zero-order valence-corrected chi connectivity index (χ0v) is 14.8. The second-order valence-electron chi connectivity index (χ2n) is 5.82. The summed E-state index contributed by atoms with van der Waals surface area (Å²) in [4.78, 5) is 32.1.